The van der Waals surface area contributed by atoms with Crippen molar-refractivity contribution in [1.29, 1.82) is 0 Å². The Bertz CT molecular complexity index is 1850. The van der Waals surface area contributed by atoms with Gasteiger partial charge in [-0.05, 0) is 77.3 Å². The first-order valence-electron chi connectivity index (χ1n) is 13.9. The van der Waals surface area contributed by atoms with E-state index in [1.807, 2.05) is 61.7 Å². The van der Waals surface area contributed by atoms with E-state index in [2.05, 4.69) is 31.2 Å². The smallest absolute Gasteiger partial charge is 0.214 e. The zero-order valence-electron chi connectivity index (χ0n) is 23.9. The van der Waals surface area contributed by atoms with Gasteiger partial charge in [-0.3, -0.25) is 0 Å². The van der Waals surface area contributed by atoms with Crippen LogP contribution in [0.2, 0.25) is 0 Å². The molecule has 1 atom stereocenters. The fourth-order valence-corrected chi connectivity index (χ4v) is 7.73. The van der Waals surface area contributed by atoms with Crippen LogP contribution in [0.4, 0.5) is 15.9 Å². The molecule has 2 aromatic heterocycles. The molecule has 0 saturated carbocycles. The molecule has 5 rings (SSSR count). The van der Waals surface area contributed by atoms with Gasteiger partial charge in [-0.2, -0.15) is 4.31 Å². The highest BCUT2D eigenvalue weighted by atomic mass is 79.9. The van der Waals surface area contributed by atoms with E-state index in [9.17, 15) is 12.8 Å². The van der Waals surface area contributed by atoms with Crippen molar-refractivity contribution in [1.82, 2.24) is 19.3 Å². The van der Waals surface area contributed by atoms with E-state index in [1.165, 1.54) is 29.8 Å². The number of nitrogens with one attached hydrogen (secondary N) is 1. The molecular weight excluding hydrogens is 653 g/mol. The van der Waals surface area contributed by atoms with Crippen molar-refractivity contribution in [3.63, 3.8) is 0 Å². The van der Waals surface area contributed by atoms with Gasteiger partial charge in [0.1, 0.15) is 35.3 Å². The molecule has 0 bridgehead atoms. The number of fused-ring (bicyclic) bond motifs is 1. The Morgan fingerprint density at radius 1 is 1.07 bits per heavy atom. The molecule has 0 spiro atoms. The molecule has 0 aliphatic heterocycles. The summed E-state index contributed by atoms with van der Waals surface area (Å²) in [5.41, 5.74) is 3.94. The van der Waals surface area contributed by atoms with Crippen LogP contribution in [0.3, 0.4) is 0 Å². The molecule has 1 unspecified atom stereocenters. The fraction of sp³-hybridized carbons (Fsp3) is 0.258. The van der Waals surface area contributed by atoms with E-state index < -0.39 is 10.0 Å². The van der Waals surface area contributed by atoms with Crippen molar-refractivity contribution in [2.75, 3.05) is 17.6 Å². The Morgan fingerprint density at radius 2 is 1.91 bits per heavy atom. The number of hydrogen-bond donors (Lipinski definition) is 1. The van der Waals surface area contributed by atoms with Gasteiger partial charge in [-0.15, -0.1) is 11.3 Å². The van der Waals surface area contributed by atoms with Gasteiger partial charge in [-0.25, -0.2) is 27.8 Å². The maximum Gasteiger partial charge on any atom is 0.214 e. The molecule has 0 aliphatic rings. The Balaban J connectivity index is 1.38. The van der Waals surface area contributed by atoms with E-state index in [4.69, 9.17) is 9.72 Å². The minimum atomic E-state index is -3.36. The second-order valence-electron chi connectivity index (χ2n) is 9.74. The summed E-state index contributed by atoms with van der Waals surface area (Å²) in [6.45, 7) is 6.13. The van der Waals surface area contributed by atoms with E-state index in [0.29, 0.717) is 24.5 Å². The summed E-state index contributed by atoms with van der Waals surface area (Å²) in [5.74, 6) is 1.01. The zero-order valence-corrected chi connectivity index (χ0v) is 27.1. The SMILES string of the molecule is CCC(c1nc(-c2ccc3ncnc(Nc4ccc(OCc5cccc(F)c5)c(Br)c4)c3c2)cs1)N(CC)S(=O)(=O)CC. The van der Waals surface area contributed by atoms with Gasteiger partial charge < -0.3 is 10.1 Å². The molecule has 0 fully saturated rings. The minimum Gasteiger partial charge on any atom is -0.488 e. The Kier molecular flexibility index (Phi) is 9.70. The van der Waals surface area contributed by atoms with Crippen LogP contribution in [0.5, 0.6) is 5.75 Å². The number of rotatable bonds is 12. The first kappa shape index (κ1) is 31.0. The quantitative estimate of drug-likeness (QED) is 0.142. The second-order valence-corrected chi connectivity index (χ2v) is 13.7. The summed E-state index contributed by atoms with van der Waals surface area (Å²) in [6.07, 6.45) is 2.14. The molecule has 0 amide bonds. The molecule has 8 nitrogen and oxygen atoms in total. The number of benzene rings is 3. The van der Waals surface area contributed by atoms with E-state index in [1.54, 1.807) is 17.3 Å². The maximum absolute atomic E-state index is 13.5. The average molecular weight is 685 g/mol. The van der Waals surface area contributed by atoms with Crippen LogP contribution >= 0.6 is 27.3 Å². The van der Waals surface area contributed by atoms with Crippen LogP contribution in [0.15, 0.2) is 76.8 Å². The van der Waals surface area contributed by atoms with Crippen molar-refractivity contribution < 1.29 is 17.5 Å². The normalized spacial score (nSPS) is 12.5. The maximum atomic E-state index is 13.5. The predicted octanol–water partition coefficient (Wildman–Crippen LogP) is 8.10. The molecule has 224 valence electrons. The summed E-state index contributed by atoms with van der Waals surface area (Å²) in [6, 6.07) is 17.5. The third-order valence-electron chi connectivity index (χ3n) is 6.98. The third-order valence-corrected chi connectivity index (χ3v) is 10.5. The molecule has 43 heavy (non-hydrogen) atoms. The molecule has 2 heterocycles. The first-order chi connectivity index (χ1) is 20.7. The van der Waals surface area contributed by atoms with Crippen LogP contribution < -0.4 is 10.1 Å². The van der Waals surface area contributed by atoms with Gasteiger partial charge in [0.05, 0.1) is 27.5 Å². The lowest BCUT2D eigenvalue weighted by Crippen LogP contribution is -2.35. The van der Waals surface area contributed by atoms with Crippen LogP contribution in [-0.2, 0) is 16.6 Å². The van der Waals surface area contributed by atoms with Gasteiger partial charge in [0.2, 0.25) is 10.0 Å². The Hall–Kier alpha value is -3.45. The average Bonchev–Trinajstić information content (AvgIpc) is 3.49. The van der Waals surface area contributed by atoms with Gasteiger partial charge in [0.25, 0.3) is 0 Å². The second kappa shape index (κ2) is 13.5. The number of halogens is 2. The Morgan fingerprint density at radius 3 is 2.63 bits per heavy atom. The van der Waals surface area contributed by atoms with Gasteiger partial charge in [-0.1, -0.05) is 32.0 Å². The molecule has 0 saturated heterocycles. The molecule has 3 aromatic carbocycles. The lowest BCUT2D eigenvalue weighted by molar-refractivity contribution is 0.303. The Labute approximate surface area is 263 Å². The highest BCUT2D eigenvalue weighted by Crippen LogP contribution is 2.35. The fourth-order valence-electron chi connectivity index (χ4n) is 4.79. The summed E-state index contributed by atoms with van der Waals surface area (Å²) in [7, 11) is -3.36. The van der Waals surface area contributed by atoms with E-state index in [-0.39, 0.29) is 24.2 Å². The monoisotopic (exact) mass is 683 g/mol. The number of aromatic nitrogens is 3. The lowest BCUT2D eigenvalue weighted by Gasteiger charge is -2.27. The van der Waals surface area contributed by atoms with Crippen LogP contribution in [0.25, 0.3) is 22.2 Å². The number of thiazole rings is 1. The first-order valence-corrected chi connectivity index (χ1v) is 17.1. The van der Waals surface area contributed by atoms with Crippen molar-refractivity contribution in [3.8, 4) is 17.0 Å². The third kappa shape index (κ3) is 7.04. The van der Waals surface area contributed by atoms with Gasteiger partial charge in [0, 0.05) is 28.6 Å². The minimum absolute atomic E-state index is 0.0528. The molecule has 12 heteroatoms. The summed E-state index contributed by atoms with van der Waals surface area (Å²) in [4.78, 5) is 13.8. The van der Waals surface area contributed by atoms with Crippen molar-refractivity contribution in [3.05, 3.63) is 93.2 Å². The van der Waals surface area contributed by atoms with Crippen molar-refractivity contribution in [2.45, 2.75) is 39.8 Å². The number of anilines is 2. The number of sulfonamides is 1. The van der Waals surface area contributed by atoms with Crippen LogP contribution in [0.1, 0.15) is 43.8 Å². The zero-order chi connectivity index (χ0) is 30.6. The van der Waals surface area contributed by atoms with E-state index in [0.717, 1.165) is 42.9 Å². The van der Waals surface area contributed by atoms with Crippen LogP contribution in [-0.4, -0.2) is 40.0 Å². The highest BCUT2D eigenvalue weighted by Gasteiger charge is 2.29. The molecule has 0 radical (unpaired) electrons. The van der Waals surface area contributed by atoms with Gasteiger partial charge >= 0.3 is 0 Å². The van der Waals surface area contributed by atoms with E-state index >= 15 is 0 Å². The topological polar surface area (TPSA) is 97.3 Å². The van der Waals surface area contributed by atoms with Crippen LogP contribution in [0, 0.1) is 5.82 Å². The summed E-state index contributed by atoms with van der Waals surface area (Å²) < 4.78 is 47.1. The van der Waals surface area contributed by atoms with Crippen molar-refractivity contribution >= 4 is 59.7 Å². The molecule has 0 aliphatic carbocycles. The number of hydrogen-bond acceptors (Lipinski definition) is 8. The molecular formula is C31H31BrFN5O3S2. The number of ether oxygens (including phenoxy) is 1. The summed E-state index contributed by atoms with van der Waals surface area (Å²) in [5, 5.41) is 6.92. The number of nitrogens with zero attached hydrogens (tertiary/aromatic N) is 4. The largest absolute Gasteiger partial charge is 0.488 e. The lowest BCUT2D eigenvalue weighted by atomic mass is 10.1. The highest BCUT2D eigenvalue weighted by molar-refractivity contribution is 9.10. The predicted molar refractivity (Wildman–Crippen MR) is 174 cm³/mol. The molecule has 1 N–H and O–H groups in total. The standard InChI is InChI=1S/C31H31BrFN5O3S2/c1-4-28(38(5-2)43(39,40)6-3)31-37-27(18-42-31)21-10-12-26-24(15-21)30(35-19-34-26)36-23-11-13-29(25(32)16-23)41-17-20-8-7-9-22(33)14-20/h7-16,18-19,28H,4-6,17H2,1-3H3,(H,34,35,36). The summed E-state index contributed by atoms with van der Waals surface area (Å²) >= 11 is 5.04. The molecule has 5 aromatic rings. The van der Waals surface area contributed by atoms with Crippen molar-refractivity contribution in [2.24, 2.45) is 0 Å². The van der Waals surface area contributed by atoms with Gasteiger partial charge in [0.15, 0.2) is 0 Å².